The molecular formula is C21H26ClN3O2. The van der Waals surface area contributed by atoms with E-state index < -0.39 is 0 Å². The van der Waals surface area contributed by atoms with Crippen LogP contribution < -0.4 is 5.32 Å². The van der Waals surface area contributed by atoms with E-state index in [4.69, 9.17) is 16.3 Å². The highest BCUT2D eigenvalue weighted by Crippen LogP contribution is 2.27. The Kier molecular flexibility index (Phi) is 5.10. The summed E-state index contributed by atoms with van der Waals surface area (Å²) >= 11 is 6.15. The summed E-state index contributed by atoms with van der Waals surface area (Å²) in [5, 5.41) is 4.63. The molecule has 27 heavy (non-hydrogen) atoms. The molecule has 1 amide bonds. The summed E-state index contributed by atoms with van der Waals surface area (Å²) in [4.78, 5) is 20.0. The average molecular weight is 388 g/mol. The highest BCUT2D eigenvalue weighted by Gasteiger charge is 2.38. The van der Waals surface area contributed by atoms with Gasteiger partial charge >= 0.3 is 0 Å². The number of aromatic nitrogens is 1. The van der Waals surface area contributed by atoms with Crippen molar-refractivity contribution in [2.24, 2.45) is 5.92 Å². The summed E-state index contributed by atoms with van der Waals surface area (Å²) < 4.78 is 6.00. The Labute approximate surface area is 165 Å². The van der Waals surface area contributed by atoms with Crippen LogP contribution in [-0.4, -0.2) is 53.7 Å². The molecule has 1 aromatic carbocycles. The van der Waals surface area contributed by atoms with E-state index in [9.17, 15) is 4.79 Å². The highest BCUT2D eigenvalue weighted by atomic mass is 35.5. The third kappa shape index (κ3) is 3.82. The van der Waals surface area contributed by atoms with E-state index in [2.05, 4.69) is 29.0 Å². The summed E-state index contributed by atoms with van der Waals surface area (Å²) in [5.74, 6) is 0.453. The number of carbonyl (C=O) groups excluding carboxylic acids is 1. The third-order valence-corrected chi connectivity index (χ3v) is 5.90. The van der Waals surface area contributed by atoms with Crippen molar-refractivity contribution in [2.45, 2.75) is 45.4 Å². The van der Waals surface area contributed by atoms with Crippen LogP contribution in [0.4, 0.5) is 0 Å². The largest absolute Gasteiger partial charge is 0.375 e. The van der Waals surface area contributed by atoms with Crippen LogP contribution >= 0.6 is 11.6 Å². The van der Waals surface area contributed by atoms with Crippen molar-refractivity contribution in [1.82, 2.24) is 15.2 Å². The van der Waals surface area contributed by atoms with E-state index in [1.165, 1.54) is 0 Å². The second kappa shape index (κ2) is 7.38. The molecular weight excluding hydrogens is 362 g/mol. The first-order valence-electron chi connectivity index (χ1n) is 9.64. The van der Waals surface area contributed by atoms with E-state index >= 15 is 0 Å². The minimum atomic E-state index is -0.0565. The fourth-order valence-corrected chi connectivity index (χ4v) is 4.36. The van der Waals surface area contributed by atoms with Crippen LogP contribution in [0.3, 0.4) is 0 Å². The lowest BCUT2D eigenvalue weighted by Crippen LogP contribution is -2.48. The number of amides is 1. The second-order valence-electron chi connectivity index (χ2n) is 8.10. The summed E-state index contributed by atoms with van der Waals surface area (Å²) in [6, 6.07) is 7.86. The maximum absolute atomic E-state index is 13.0. The van der Waals surface area contributed by atoms with Gasteiger partial charge in [0.1, 0.15) is 0 Å². The zero-order chi connectivity index (χ0) is 19.1. The van der Waals surface area contributed by atoms with Gasteiger partial charge in [0, 0.05) is 41.3 Å². The molecule has 5 nitrogen and oxygen atoms in total. The van der Waals surface area contributed by atoms with Crippen LogP contribution in [0.2, 0.25) is 5.02 Å². The predicted octanol–water partition coefficient (Wildman–Crippen LogP) is 3.42. The Morgan fingerprint density at radius 3 is 2.93 bits per heavy atom. The van der Waals surface area contributed by atoms with Gasteiger partial charge in [-0.25, -0.2) is 0 Å². The fourth-order valence-electron chi connectivity index (χ4n) is 4.19. The Bertz CT molecular complexity index is 870. The Morgan fingerprint density at radius 1 is 1.33 bits per heavy atom. The minimum absolute atomic E-state index is 0.0565. The van der Waals surface area contributed by atoms with Crippen molar-refractivity contribution in [3.05, 3.63) is 40.5 Å². The third-order valence-electron chi connectivity index (χ3n) is 5.67. The first-order valence-corrected chi connectivity index (χ1v) is 10.0. The van der Waals surface area contributed by atoms with Gasteiger partial charge in [-0.05, 0) is 43.5 Å². The van der Waals surface area contributed by atoms with Crippen LogP contribution in [-0.2, 0) is 4.74 Å². The number of nitrogens with zero attached hydrogens (tertiary/aromatic N) is 2. The molecule has 2 fully saturated rings. The summed E-state index contributed by atoms with van der Waals surface area (Å²) in [6.07, 6.45) is 1.21. The standard InChI is InChI=1S/C21H26ClN3O2/c1-12(2)20-10-25-9-15(8-16(25)11-27-20)24-21(26)18-6-13(3)23-19-5-4-14(22)7-17(18)19/h4-7,12,15-16,20H,8-11H2,1-3H3,(H,24,26)/t15-,16-,20+/m0/s1. The van der Waals surface area contributed by atoms with E-state index in [1.54, 1.807) is 6.07 Å². The second-order valence-corrected chi connectivity index (χ2v) is 8.54. The number of hydrogen-bond acceptors (Lipinski definition) is 4. The number of morpholine rings is 1. The van der Waals surface area contributed by atoms with Crippen LogP contribution in [0.1, 0.15) is 36.3 Å². The molecule has 3 atom stereocenters. The van der Waals surface area contributed by atoms with Crippen LogP contribution in [0.5, 0.6) is 0 Å². The molecule has 2 saturated heterocycles. The first-order chi connectivity index (χ1) is 12.9. The van der Waals surface area contributed by atoms with E-state index in [0.29, 0.717) is 22.5 Å². The van der Waals surface area contributed by atoms with Gasteiger partial charge in [-0.2, -0.15) is 0 Å². The number of nitrogens with one attached hydrogen (secondary N) is 1. The Balaban J connectivity index is 1.51. The number of fused-ring (bicyclic) bond motifs is 2. The number of aryl methyl sites for hydroxylation is 1. The lowest BCUT2D eigenvalue weighted by atomic mass is 10.0. The van der Waals surface area contributed by atoms with Gasteiger partial charge in [-0.1, -0.05) is 25.4 Å². The summed E-state index contributed by atoms with van der Waals surface area (Å²) in [6.45, 7) is 8.88. The van der Waals surface area contributed by atoms with Gasteiger partial charge in [-0.15, -0.1) is 0 Å². The molecule has 0 unspecified atom stereocenters. The lowest BCUT2D eigenvalue weighted by Gasteiger charge is -2.36. The number of benzene rings is 1. The molecule has 0 aliphatic carbocycles. The van der Waals surface area contributed by atoms with Crippen molar-refractivity contribution >= 4 is 28.4 Å². The monoisotopic (exact) mass is 387 g/mol. The maximum atomic E-state index is 13.0. The number of hydrogen-bond donors (Lipinski definition) is 1. The molecule has 0 bridgehead atoms. The van der Waals surface area contributed by atoms with Crippen LogP contribution in [0, 0.1) is 12.8 Å². The van der Waals surface area contributed by atoms with Crippen LogP contribution in [0.25, 0.3) is 10.9 Å². The van der Waals surface area contributed by atoms with Crippen molar-refractivity contribution in [3.63, 3.8) is 0 Å². The topological polar surface area (TPSA) is 54.5 Å². The summed E-state index contributed by atoms with van der Waals surface area (Å²) in [5.41, 5.74) is 2.26. The van der Waals surface area contributed by atoms with Gasteiger partial charge in [0.2, 0.25) is 0 Å². The molecule has 0 radical (unpaired) electrons. The van der Waals surface area contributed by atoms with Crippen molar-refractivity contribution in [2.75, 3.05) is 19.7 Å². The van der Waals surface area contributed by atoms with Gasteiger partial charge in [-0.3, -0.25) is 14.7 Å². The molecule has 1 aromatic heterocycles. The highest BCUT2D eigenvalue weighted by molar-refractivity contribution is 6.31. The SMILES string of the molecule is Cc1cc(C(=O)N[C@H]2C[C@H]3CO[C@@H](C(C)C)CN3C2)c2cc(Cl)ccc2n1. The van der Waals surface area contributed by atoms with E-state index in [0.717, 1.165) is 42.7 Å². The number of halogens is 1. The van der Waals surface area contributed by atoms with Gasteiger partial charge in [0.25, 0.3) is 5.91 Å². The molecule has 6 heteroatoms. The fraction of sp³-hybridized carbons (Fsp3) is 0.524. The van der Waals surface area contributed by atoms with Crippen molar-refractivity contribution in [1.29, 1.82) is 0 Å². The molecule has 144 valence electrons. The molecule has 2 aromatic rings. The van der Waals surface area contributed by atoms with Gasteiger partial charge in [0.15, 0.2) is 0 Å². The average Bonchev–Trinajstić information content (AvgIpc) is 3.02. The van der Waals surface area contributed by atoms with Gasteiger partial charge in [0.05, 0.1) is 23.8 Å². The molecule has 4 rings (SSSR count). The number of ether oxygens (including phenoxy) is 1. The molecule has 3 heterocycles. The zero-order valence-corrected chi connectivity index (χ0v) is 16.8. The number of carbonyl (C=O) groups is 1. The van der Waals surface area contributed by atoms with Crippen molar-refractivity contribution in [3.8, 4) is 0 Å². The molecule has 0 saturated carbocycles. The van der Waals surface area contributed by atoms with E-state index in [-0.39, 0.29) is 18.1 Å². The molecule has 0 spiro atoms. The minimum Gasteiger partial charge on any atom is -0.375 e. The number of pyridine rings is 1. The van der Waals surface area contributed by atoms with Crippen molar-refractivity contribution < 1.29 is 9.53 Å². The molecule has 1 N–H and O–H groups in total. The number of rotatable bonds is 3. The van der Waals surface area contributed by atoms with Gasteiger partial charge < -0.3 is 10.1 Å². The zero-order valence-electron chi connectivity index (χ0n) is 16.0. The molecule has 2 aliphatic rings. The Morgan fingerprint density at radius 2 is 2.15 bits per heavy atom. The molecule has 2 aliphatic heterocycles. The predicted molar refractivity (Wildman–Crippen MR) is 107 cm³/mol. The van der Waals surface area contributed by atoms with Crippen LogP contribution in [0.15, 0.2) is 24.3 Å². The summed E-state index contributed by atoms with van der Waals surface area (Å²) in [7, 11) is 0. The Hall–Kier alpha value is -1.69. The first kappa shape index (κ1) is 18.7. The normalized spacial score (nSPS) is 25.7. The lowest BCUT2D eigenvalue weighted by molar-refractivity contribution is -0.0683. The maximum Gasteiger partial charge on any atom is 0.252 e. The smallest absolute Gasteiger partial charge is 0.252 e. The van der Waals surface area contributed by atoms with E-state index in [1.807, 2.05) is 25.1 Å². The quantitative estimate of drug-likeness (QED) is 0.876.